The summed E-state index contributed by atoms with van der Waals surface area (Å²) in [5, 5.41) is -2.09. The van der Waals surface area contributed by atoms with E-state index in [4.69, 9.17) is 4.74 Å². The maximum Gasteiger partial charge on any atom is 1.00 e. The third-order valence-electron chi connectivity index (χ3n) is 4.24. The van der Waals surface area contributed by atoms with Gasteiger partial charge in [-0.25, -0.2) is 8.42 Å². The number of carbonyl (C=O) groups excluding carboxylic acids is 2. The fraction of sp³-hybridized carbons (Fsp3) is 0.800. The number of rotatable bonds is 17. The average Bonchev–Trinajstić information content (AvgIpc) is 2.63. The van der Waals surface area contributed by atoms with E-state index < -0.39 is 33.7 Å². The van der Waals surface area contributed by atoms with E-state index in [9.17, 15) is 22.6 Å². The van der Waals surface area contributed by atoms with E-state index in [-0.39, 0.29) is 36.2 Å². The molecule has 1 atom stereocenters. The fourth-order valence-electron chi connectivity index (χ4n) is 2.58. The fourth-order valence-corrected chi connectivity index (χ4v) is 3.21. The Morgan fingerprint density at radius 1 is 0.931 bits per heavy atom. The van der Waals surface area contributed by atoms with Crippen molar-refractivity contribution in [2.75, 3.05) is 6.61 Å². The molecule has 0 aromatic carbocycles. The quantitative estimate of drug-likeness (QED) is 0.110. The average molecular weight is 443 g/mol. The van der Waals surface area contributed by atoms with Crippen molar-refractivity contribution in [3.63, 3.8) is 0 Å². The van der Waals surface area contributed by atoms with Crippen LogP contribution in [-0.4, -0.2) is 36.8 Å². The summed E-state index contributed by atoms with van der Waals surface area (Å²) in [6, 6.07) is 0. The van der Waals surface area contributed by atoms with Gasteiger partial charge in [0, 0.05) is 0 Å². The van der Waals surface area contributed by atoms with Crippen molar-refractivity contribution in [3.8, 4) is 0 Å². The van der Waals surface area contributed by atoms with Crippen molar-refractivity contribution in [1.82, 2.24) is 0 Å². The third kappa shape index (κ3) is 18.1. The van der Waals surface area contributed by atoms with Gasteiger partial charge in [0.15, 0.2) is 5.25 Å². The minimum Gasteiger partial charge on any atom is -0.747 e. The number of hydrogen-bond acceptors (Lipinski definition) is 7. The molecule has 0 N–H and O–H groups in total. The predicted molar refractivity (Wildman–Crippen MR) is 106 cm³/mol. The summed E-state index contributed by atoms with van der Waals surface area (Å²) in [4.78, 5) is 23.4. The summed E-state index contributed by atoms with van der Waals surface area (Å²) in [6.07, 6.45) is 13.6. The summed E-state index contributed by atoms with van der Waals surface area (Å²) in [5.74, 6) is -2.16. The van der Waals surface area contributed by atoms with Crippen LogP contribution >= 0.6 is 0 Å². The van der Waals surface area contributed by atoms with E-state index in [1.54, 1.807) is 6.92 Å². The molecule has 0 bridgehead atoms. The summed E-state index contributed by atoms with van der Waals surface area (Å²) in [5.41, 5.74) is 0. The van der Waals surface area contributed by atoms with Gasteiger partial charge in [0.05, 0.1) is 19.3 Å². The number of hydrogen-bond donors (Lipinski definition) is 0. The monoisotopic (exact) mass is 442 g/mol. The van der Waals surface area contributed by atoms with Crippen LogP contribution in [0.3, 0.4) is 0 Å². The van der Waals surface area contributed by atoms with Gasteiger partial charge in [0.25, 0.3) is 0 Å². The zero-order valence-electron chi connectivity index (χ0n) is 18.2. The zero-order chi connectivity index (χ0) is 21.3. The second kappa shape index (κ2) is 19.5. The molecule has 0 aromatic heterocycles. The molecule has 0 aliphatic rings. The van der Waals surface area contributed by atoms with Crippen molar-refractivity contribution in [2.45, 2.75) is 96.1 Å². The van der Waals surface area contributed by atoms with Crippen LogP contribution < -0.4 is 29.6 Å². The van der Waals surface area contributed by atoms with Crippen LogP contribution in [0.5, 0.6) is 0 Å². The number of unbranched alkanes of at least 4 members (excludes halogenated alkanes) is 9. The molecule has 9 heteroatoms. The molecule has 0 fully saturated rings. The molecule has 164 valence electrons. The molecule has 0 rings (SSSR count). The number of carbonyl (C=O) groups is 2. The van der Waals surface area contributed by atoms with Crippen molar-refractivity contribution in [2.24, 2.45) is 0 Å². The smallest absolute Gasteiger partial charge is 0.747 e. The molecule has 29 heavy (non-hydrogen) atoms. The number of esters is 2. The van der Waals surface area contributed by atoms with E-state index in [2.05, 4.69) is 11.7 Å². The second-order valence-corrected chi connectivity index (χ2v) is 8.36. The van der Waals surface area contributed by atoms with Crippen LogP contribution in [0.15, 0.2) is 12.3 Å². The Labute approximate surface area is 198 Å². The topological polar surface area (TPSA) is 110 Å². The molecule has 0 heterocycles. The van der Waals surface area contributed by atoms with Crippen LogP contribution in [0.4, 0.5) is 0 Å². The largest absolute Gasteiger partial charge is 1.00 e. The Balaban J connectivity index is 0. The Kier molecular flexibility index (Phi) is 20.7. The SMILES string of the molecule is CC/C=C/OC(=O)C(CC(=O)OCCCCCCCCCCCC)S(=O)(=O)[O-].[Na+]. The first-order chi connectivity index (χ1) is 13.3. The minimum atomic E-state index is -5.01. The van der Waals surface area contributed by atoms with E-state index in [0.29, 0.717) is 12.8 Å². The molecule has 0 spiro atoms. The molecular weight excluding hydrogens is 407 g/mol. The second-order valence-electron chi connectivity index (χ2n) is 6.80. The van der Waals surface area contributed by atoms with E-state index >= 15 is 0 Å². The summed E-state index contributed by atoms with van der Waals surface area (Å²) < 4.78 is 43.2. The van der Waals surface area contributed by atoms with Gasteiger partial charge in [-0.05, 0) is 18.9 Å². The van der Waals surface area contributed by atoms with Crippen LogP contribution in [0, 0.1) is 0 Å². The molecular formula is C20H35NaO7S. The summed E-state index contributed by atoms with van der Waals surface area (Å²) in [7, 11) is -5.01. The van der Waals surface area contributed by atoms with Gasteiger partial charge >= 0.3 is 41.5 Å². The van der Waals surface area contributed by atoms with Crippen molar-refractivity contribution >= 4 is 22.1 Å². The standard InChI is InChI=1S/C20H36O7S.Na/c1-3-5-7-8-9-10-11-12-13-14-16-26-19(21)17-18(28(23,24)25)20(22)27-15-6-4-2;/h6,15,18H,3-5,7-14,16-17H2,1-2H3,(H,23,24,25);/q;+1/p-1/b15-6+;. The molecule has 0 aliphatic carbocycles. The number of allylic oxidation sites excluding steroid dienone is 1. The van der Waals surface area contributed by atoms with Gasteiger partial charge in [-0.3, -0.25) is 9.59 Å². The Morgan fingerprint density at radius 3 is 1.93 bits per heavy atom. The predicted octanol–water partition coefficient (Wildman–Crippen LogP) is 1.23. The van der Waals surface area contributed by atoms with Gasteiger partial charge in [0.1, 0.15) is 10.1 Å². The van der Waals surface area contributed by atoms with Gasteiger partial charge in [-0.2, -0.15) is 0 Å². The van der Waals surface area contributed by atoms with Crippen LogP contribution in [-0.2, 0) is 29.2 Å². The number of ether oxygens (including phenoxy) is 2. The van der Waals surface area contributed by atoms with E-state index in [1.807, 2.05) is 0 Å². The van der Waals surface area contributed by atoms with Gasteiger partial charge < -0.3 is 14.0 Å². The molecule has 1 unspecified atom stereocenters. The van der Waals surface area contributed by atoms with Crippen molar-refractivity contribution in [3.05, 3.63) is 12.3 Å². The normalized spacial score (nSPS) is 12.4. The molecule has 0 saturated heterocycles. The maximum atomic E-state index is 11.7. The van der Waals surface area contributed by atoms with Crippen LogP contribution in [0.2, 0.25) is 0 Å². The Morgan fingerprint density at radius 2 is 1.45 bits per heavy atom. The molecule has 0 aromatic rings. The van der Waals surface area contributed by atoms with Crippen LogP contribution in [0.25, 0.3) is 0 Å². The summed E-state index contributed by atoms with van der Waals surface area (Å²) >= 11 is 0. The van der Waals surface area contributed by atoms with E-state index in [1.165, 1.54) is 44.6 Å². The maximum absolute atomic E-state index is 11.7. The van der Waals surface area contributed by atoms with Crippen molar-refractivity contribution < 1.29 is 61.6 Å². The van der Waals surface area contributed by atoms with E-state index in [0.717, 1.165) is 25.5 Å². The molecule has 0 amide bonds. The van der Waals surface area contributed by atoms with Crippen molar-refractivity contribution in [1.29, 1.82) is 0 Å². The Bertz CT molecular complexity index is 561. The molecule has 0 saturated carbocycles. The molecule has 0 aliphatic heterocycles. The Hall–Kier alpha value is -0.410. The van der Waals surface area contributed by atoms with Gasteiger partial charge in [-0.1, -0.05) is 71.6 Å². The van der Waals surface area contributed by atoms with Gasteiger partial charge in [0.2, 0.25) is 0 Å². The third-order valence-corrected chi connectivity index (χ3v) is 5.30. The summed E-state index contributed by atoms with van der Waals surface area (Å²) in [6.45, 7) is 4.13. The zero-order valence-corrected chi connectivity index (χ0v) is 21.0. The molecule has 7 nitrogen and oxygen atoms in total. The van der Waals surface area contributed by atoms with Gasteiger partial charge in [-0.15, -0.1) is 0 Å². The first kappa shape index (κ1) is 30.8. The van der Waals surface area contributed by atoms with Crippen LogP contribution in [0.1, 0.15) is 90.9 Å². The first-order valence-corrected chi connectivity index (χ1v) is 11.8. The first-order valence-electron chi connectivity index (χ1n) is 10.3. The molecule has 0 radical (unpaired) electrons. The minimum absolute atomic E-state index is 0.